The van der Waals surface area contributed by atoms with Crippen molar-refractivity contribution in [2.45, 2.75) is 76.9 Å². The van der Waals surface area contributed by atoms with Crippen LogP contribution < -0.4 is 0 Å². The Morgan fingerprint density at radius 2 is 1.84 bits per heavy atom. The van der Waals surface area contributed by atoms with E-state index in [0.29, 0.717) is 5.92 Å². The van der Waals surface area contributed by atoms with Gasteiger partial charge >= 0.3 is 0 Å². The van der Waals surface area contributed by atoms with Gasteiger partial charge < -0.3 is 0 Å². The van der Waals surface area contributed by atoms with E-state index in [1.165, 1.54) is 37.1 Å². The number of rotatable bonds is 6. The zero-order valence-electron chi connectivity index (χ0n) is 13.2. The van der Waals surface area contributed by atoms with Gasteiger partial charge in [0.1, 0.15) is 0 Å². The van der Waals surface area contributed by atoms with E-state index in [4.69, 9.17) is 12.8 Å². The third-order valence-electron chi connectivity index (χ3n) is 3.44. The molecule has 0 N–H and O–H groups in total. The van der Waals surface area contributed by atoms with Crippen molar-refractivity contribution in [3.8, 4) is 0 Å². The van der Waals surface area contributed by atoms with Crippen molar-refractivity contribution in [1.29, 1.82) is 0 Å². The average Bonchev–Trinajstić information content (AvgIpc) is 2.41. The van der Waals surface area contributed by atoms with E-state index in [2.05, 4.69) is 46.8 Å². The molecule has 0 aliphatic carbocycles. The Labute approximate surface area is 125 Å². The molecule has 0 aromatic carbocycles. The van der Waals surface area contributed by atoms with Crippen molar-refractivity contribution < 1.29 is 0 Å². The quantitative estimate of drug-likeness (QED) is 0.494. The summed E-state index contributed by atoms with van der Waals surface area (Å²) in [6.07, 6.45) is 10.5. The summed E-state index contributed by atoms with van der Waals surface area (Å²) in [7, 11) is 6.35. The predicted octanol–water partition coefficient (Wildman–Crippen LogP) is 4.96. The van der Waals surface area contributed by atoms with Crippen LogP contribution in [0.15, 0.2) is 17.1 Å². The summed E-state index contributed by atoms with van der Waals surface area (Å²) in [6.45, 7) is 10.9. The Bertz CT molecular complexity index is 345. The molecule has 19 heavy (non-hydrogen) atoms. The third kappa shape index (κ3) is 5.77. The number of aliphatic imine (C=N–C) groups is 1. The Hall–Kier alpha value is -0.175. The van der Waals surface area contributed by atoms with E-state index in [-0.39, 0.29) is 10.2 Å². The molecule has 0 saturated heterocycles. The zero-order valence-corrected chi connectivity index (χ0v) is 14.0. The van der Waals surface area contributed by atoms with Gasteiger partial charge in [0.05, 0.1) is 18.4 Å². The molecule has 0 fully saturated rings. The van der Waals surface area contributed by atoms with Crippen molar-refractivity contribution >= 4 is 24.7 Å². The minimum absolute atomic E-state index is 0.127. The fourth-order valence-corrected chi connectivity index (χ4v) is 3.61. The van der Waals surface area contributed by atoms with Crippen LogP contribution >= 0.6 is 11.8 Å². The lowest BCUT2D eigenvalue weighted by molar-refractivity contribution is 0.536. The van der Waals surface area contributed by atoms with E-state index >= 15 is 0 Å². The Balaban J connectivity index is 2.95. The Morgan fingerprint density at radius 3 is 2.42 bits per heavy atom. The number of unbranched alkanes of at least 4 members (excludes halogenated alkanes) is 1. The van der Waals surface area contributed by atoms with Crippen molar-refractivity contribution in [3.63, 3.8) is 0 Å². The van der Waals surface area contributed by atoms with Crippen LogP contribution in [0, 0.1) is 5.92 Å². The van der Waals surface area contributed by atoms with E-state index in [1.54, 1.807) is 11.8 Å². The lowest BCUT2D eigenvalue weighted by Gasteiger charge is -2.25. The van der Waals surface area contributed by atoms with Gasteiger partial charge in [-0.1, -0.05) is 52.2 Å². The molecule has 2 unspecified atom stereocenters. The molecule has 1 nitrogen and oxygen atoms in total. The molecule has 0 saturated carbocycles. The van der Waals surface area contributed by atoms with Crippen LogP contribution in [-0.2, 0) is 0 Å². The first-order valence-corrected chi connectivity index (χ1v) is 8.39. The molecule has 1 heterocycles. The highest BCUT2D eigenvalue weighted by Gasteiger charge is 2.29. The Kier molecular flexibility index (Phi) is 6.23. The molecular formula is C16H28BNS. The fourth-order valence-electron chi connectivity index (χ4n) is 2.34. The molecule has 0 aromatic rings. The molecule has 0 aromatic heterocycles. The number of hydrogen-bond donors (Lipinski definition) is 0. The lowest BCUT2D eigenvalue weighted by atomic mass is 9.86. The van der Waals surface area contributed by atoms with Gasteiger partial charge in [-0.15, -0.1) is 11.8 Å². The van der Waals surface area contributed by atoms with Gasteiger partial charge in [0, 0.05) is 5.92 Å². The second-order valence-corrected chi connectivity index (χ2v) is 7.85. The topological polar surface area (TPSA) is 12.4 Å². The number of hydrogen-bond acceptors (Lipinski definition) is 2. The summed E-state index contributed by atoms with van der Waals surface area (Å²) < 4.78 is -0.329. The monoisotopic (exact) mass is 277 g/mol. The minimum atomic E-state index is -0.329. The van der Waals surface area contributed by atoms with Crippen molar-refractivity contribution in [1.82, 2.24) is 0 Å². The van der Waals surface area contributed by atoms with Gasteiger partial charge in [0.15, 0.2) is 0 Å². The molecule has 1 aliphatic rings. The van der Waals surface area contributed by atoms with Crippen LogP contribution in [0.1, 0.15) is 66.7 Å². The molecule has 2 radical (unpaired) electrons. The van der Waals surface area contributed by atoms with Crippen LogP contribution in [0.5, 0.6) is 0 Å². The minimum Gasteiger partial charge on any atom is -0.272 e. The first-order valence-electron chi connectivity index (χ1n) is 7.57. The molecule has 0 spiro atoms. The third-order valence-corrected chi connectivity index (χ3v) is 4.65. The fraction of sp³-hybridized carbons (Fsp3) is 0.812. The van der Waals surface area contributed by atoms with Crippen molar-refractivity contribution in [2.75, 3.05) is 0 Å². The van der Waals surface area contributed by atoms with Gasteiger partial charge in [0.2, 0.25) is 0 Å². The SMILES string of the molecule is [B]C1(C)C=CC(C)(C)N=C(C(CCC)CCCC)S1. The van der Waals surface area contributed by atoms with Gasteiger partial charge in [-0.2, -0.15) is 0 Å². The standard InChI is InChI=1S/C16H28BNS/c1-6-8-10-13(9-7-2)14-18-15(3,4)11-12-16(5,17)19-14/h11-13H,6-10H2,1-5H3. The largest absolute Gasteiger partial charge is 0.272 e. The van der Waals surface area contributed by atoms with E-state index < -0.39 is 0 Å². The summed E-state index contributed by atoms with van der Waals surface area (Å²) in [5.41, 5.74) is -0.127. The van der Waals surface area contributed by atoms with Gasteiger partial charge in [-0.3, -0.25) is 4.99 Å². The second-order valence-electron chi connectivity index (χ2n) is 6.35. The normalized spacial score (nSPS) is 27.7. The first-order chi connectivity index (χ1) is 8.79. The maximum atomic E-state index is 6.35. The second kappa shape index (κ2) is 7.01. The molecule has 2 atom stereocenters. The van der Waals surface area contributed by atoms with Crippen LogP contribution in [-0.4, -0.2) is 23.1 Å². The molecular weight excluding hydrogens is 249 g/mol. The highest BCUT2D eigenvalue weighted by Crippen LogP contribution is 2.36. The summed E-state index contributed by atoms with van der Waals surface area (Å²) in [6, 6.07) is 0. The number of thioether (sulfide) groups is 1. The van der Waals surface area contributed by atoms with Crippen LogP contribution in [0.25, 0.3) is 0 Å². The molecule has 106 valence electrons. The van der Waals surface area contributed by atoms with E-state index in [1.807, 2.05) is 0 Å². The van der Waals surface area contributed by atoms with Gasteiger partial charge in [-0.25, -0.2) is 0 Å². The highest BCUT2D eigenvalue weighted by molar-refractivity contribution is 8.16. The van der Waals surface area contributed by atoms with Crippen LogP contribution in [0.4, 0.5) is 0 Å². The Morgan fingerprint density at radius 1 is 1.16 bits per heavy atom. The maximum absolute atomic E-state index is 6.35. The van der Waals surface area contributed by atoms with Crippen LogP contribution in [0.2, 0.25) is 0 Å². The van der Waals surface area contributed by atoms with Crippen LogP contribution in [0.3, 0.4) is 0 Å². The van der Waals surface area contributed by atoms with Crippen molar-refractivity contribution in [3.05, 3.63) is 12.2 Å². The molecule has 0 bridgehead atoms. The predicted molar refractivity (Wildman–Crippen MR) is 90.3 cm³/mol. The van der Waals surface area contributed by atoms with E-state index in [0.717, 1.165) is 0 Å². The molecule has 3 heteroatoms. The molecule has 0 amide bonds. The molecule has 1 rings (SSSR count). The zero-order chi connectivity index (χ0) is 14.5. The van der Waals surface area contributed by atoms with Gasteiger partial charge in [-0.05, 0) is 31.3 Å². The van der Waals surface area contributed by atoms with Gasteiger partial charge in [0.25, 0.3) is 0 Å². The average molecular weight is 277 g/mol. The molecule has 1 aliphatic heterocycles. The number of nitrogens with zero attached hydrogens (tertiary/aromatic N) is 1. The highest BCUT2D eigenvalue weighted by atomic mass is 32.2. The maximum Gasteiger partial charge on any atom is 0.0951 e. The van der Waals surface area contributed by atoms with Crippen molar-refractivity contribution in [2.24, 2.45) is 10.9 Å². The summed E-state index contributed by atoms with van der Waals surface area (Å²) in [5, 5.41) is 1.26. The lowest BCUT2D eigenvalue weighted by Crippen LogP contribution is -2.23. The summed E-state index contributed by atoms with van der Waals surface area (Å²) >= 11 is 1.75. The summed E-state index contributed by atoms with van der Waals surface area (Å²) in [5.74, 6) is 0.581. The van der Waals surface area contributed by atoms with E-state index in [9.17, 15) is 0 Å². The first kappa shape index (κ1) is 16.9. The smallest absolute Gasteiger partial charge is 0.0951 e. The summed E-state index contributed by atoms with van der Waals surface area (Å²) in [4.78, 5) is 4.99.